The van der Waals surface area contributed by atoms with Gasteiger partial charge >= 0.3 is 0 Å². The van der Waals surface area contributed by atoms with E-state index in [4.69, 9.17) is 16.3 Å². The number of hydrogen-bond donors (Lipinski definition) is 2. The SMILES string of the molecule is COc1cc(Cl)cc(CCc2cc(S(C)(=O)=O)c(Nc3ccccc3)cc2N2CCNCC2)c1. The Kier molecular flexibility index (Phi) is 7.66. The zero-order chi connectivity index (χ0) is 24.1. The molecule has 0 amide bonds. The summed E-state index contributed by atoms with van der Waals surface area (Å²) in [6.07, 6.45) is 2.65. The van der Waals surface area contributed by atoms with Gasteiger partial charge in [-0.05, 0) is 66.4 Å². The maximum atomic E-state index is 12.8. The summed E-state index contributed by atoms with van der Waals surface area (Å²) in [6.45, 7) is 3.50. The van der Waals surface area contributed by atoms with Crippen LogP contribution in [-0.2, 0) is 22.7 Å². The number of benzene rings is 3. The first-order valence-corrected chi connectivity index (χ1v) is 13.6. The predicted octanol–water partition coefficient (Wildman–Crippen LogP) is 4.69. The number of para-hydroxylation sites is 1. The highest BCUT2D eigenvalue weighted by Crippen LogP contribution is 2.35. The van der Waals surface area contributed by atoms with Gasteiger partial charge in [-0.25, -0.2) is 8.42 Å². The number of rotatable bonds is 8. The Labute approximate surface area is 206 Å². The molecule has 3 aromatic carbocycles. The second kappa shape index (κ2) is 10.7. The Hall–Kier alpha value is -2.74. The molecule has 0 saturated carbocycles. The molecule has 6 nitrogen and oxygen atoms in total. The largest absolute Gasteiger partial charge is 0.497 e. The number of nitrogens with zero attached hydrogens (tertiary/aromatic N) is 1. The van der Waals surface area contributed by atoms with E-state index >= 15 is 0 Å². The van der Waals surface area contributed by atoms with Crippen molar-refractivity contribution >= 4 is 38.5 Å². The number of hydrogen-bond acceptors (Lipinski definition) is 6. The Morgan fingerprint density at radius 2 is 1.76 bits per heavy atom. The molecule has 1 saturated heterocycles. The highest BCUT2D eigenvalue weighted by Gasteiger charge is 2.22. The summed E-state index contributed by atoms with van der Waals surface area (Å²) in [5, 5.41) is 7.34. The summed E-state index contributed by atoms with van der Waals surface area (Å²) in [7, 11) is -1.84. The Morgan fingerprint density at radius 3 is 2.44 bits per heavy atom. The highest BCUT2D eigenvalue weighted by molar-refractivity contribution is 7.90. The van der Waals surface area contributed by atoms with Crippen LogP contribution in [0.4, 0.5) is 17.1 Å². The van der Waals surface area contributed by atoms with Crippen molar-refractivity contribution < 1.29 is 13.2 Å². The lowest BCUT2D eigenvalue weighted by Gasteiger charge is -2.32. The van der Waals surface area contributed by atoms with E-state index in [9.17, 15) is 8.42 Å². The Morgan fingerprint density at radius 1 is 1.03 bits per heavy atom. The molecule has 0 bridgehead atoms. The van der Waals surface area contributed by atoms with E-state index in [0.29, 0.717) is 34.2 Å². The normalized spacial score (nSPS) is 14.1. The molecule has 1 heterocycles. The van der Waals surface area contributed by atoms with Gasteiger partial charge in [0.25, 0.3) is 0 Å². The molecule has 1 fully saturated rings. The van der Waals surface area contributed by atoms with E-state index < -0.39 is 9.84 Å². The zero-order valence-electron chi connectivity index (χ0n) is 19.5. The number of ether oxygens (including phenoxy) is 1. The highest BCUT2D eigenvalue weighted by atomic mass is 35.5. The van der Waals surface area contributed by atoms with Crippen LogP contribution >= 0.6 is 11.6 Å². The van der Waals surface area contributed by atoms with Gasteiger partial charge in [0.05, 0.1) is 17.7 Å². The fourth-order valence-electron chi connectivity index (χ4n) is 4.25. The molecular weight excluding hydrogens is 470 g/mol. The van der Waals surface area contributed by atoms with Crippen molar-refractivity contribution in [2.75, 3.05) is 49.8 Å². The van der Waals surface area contributed by atoms with Crippen molar-refractivity contribution in [2.45, 2.75) is 17.7 Å². The number of halogens is 1. The summed E-state index contributed by atoms with van der Waals surface area (Å²) in [5.41, 5.74) is 4.54. The van der Waals surface area contributed by atoms with Crippen LogP contribution in [0.15, 0.2) is 65.6 Å². The topological polar surface area (TPSA) is 70.7 Å². The average molecular weight is 500 g/mol. The Balaban J connectivity index is 1.74. The van der Waals surface area contributed by atoms with E-state index in [1.165, 1.54) is 6.26 Å². The third-order valence-electron chi connectivity index (χ3n) is 5.94. The molecule has 0 spiro atoms. The molecule has 0 aromatic heterocycles. The van der Waals surface area contributed by atoms with Gasteiger partial charge in [0.1, 0.15) is 5.75 Å². The first-order valence-electron chi connectivity index (χ1n) is 11.3. The van der Waals surface area contributed by atoms with Gasteiger partial charge in [0.15, 0.2) is 9.84 Å². The minimum absolute atomic E-state index is 0.300. The molecule has 0 aliphatic carbocycles. The maximum absolute atomic E-state index is 12.8. The summed E-state index contributed by atoms with van der Waals surface area (Å²) in [5.74, 6) is 0.712. The van der Waals surface area contributed by atoms with Crippen LogP contribution < -0.4 is 20.3 Å². The first kappa shape index (κ1) is 24.4. The minimum atomic E-state index is -3.46. The molecule has 0 atom stereocenters. The van der Waals surface area contributed by atoms with E-state index in [0.717, 1.165) is 48.7 Å². The monoisotopic (exact) mass is 499 g/mol. The van der Waals surface area contributed by atoms with Crippen molar-refractivity contribution in [1.82, 2.24) is 5.32 Å². The van der Waals surface area contributed by atoms with Gasteiger partial charge in [-0.1, -0.05) is 29.8 Å². The van der Waals surface area contributed by atoms with Crippen molar-refractivity contribution in [3.8, 4) is 5.75 Å². The predicted molar refractivity (Wildman–Crippen MR) is 140 cm³/mol. The lowest BCUT2D eigenvalue weighted by Crippen LogP contribution is -2.44. The standard InChI is InChI=1S/C26H30ClN3O3S/c1-33-23-15-19(14-21(27)17-23)8-9-20-16-26(34(2,31)32)24(29-22-6-4-3-5-7-22)18-25(20)30-12-10-28-11-13-30/h3-7,14-18,28-29H,8-13H2,1-2H3. The molecule has 1 aliphatic heterocycles. The summed E-state index contributed by atoms with van der Waals surface area (Å²) >= 11 is 6.26. The first-order chi connectivity index (χ1) is 16.3. The van der Waals surface area contributed by atoms with E-state index in [1.54, 1.807) is 13.2 Å². The molecule has 0 unspecified atom stereocenters. The van der Waals surface area contributed by atoms with Crippen LogP contribution in [0.2, 0.25) is 5.02 Å². The van der Waals surface area contributed by atoms with E-state index in [-0.39, 0.29) is 0 Å². The van der Waals surface area contributed by atoms with Crippen molar-refractivity contribution in [3.63, 3.8) is 0 Å². The number of sulfone groups is 1. The van der Waals surface area contributed by atoms with Gasteiger partial charge in [-0.3, -0.25) is 0 Å². The van der Waals surface area contributed by atoms with Gasteiger partial charge in [0.2, 0.25) is 0 Å². The van der Waals surface area contributed by atoms with E-state index in [2.05, 4.69) is 15.5 Å². The molecular formula is C26H30ClN3O3S. The molecule has 0 radical (unpaired) electrons. The van der Waals surface area contributed by atoms with Crippen molar-refractivity contribution in [3.05, 3.63) is 76.8 Å². The third kappa shape index (κ3) is 6.03. The van der Waals surface area contributed by atoms with Gasteiger partial charge in [-0.15, -0.1) is 0 Å². The fourth-order valence-corrected chi connectivity index (χ4v) is 5.37. The van der Waals surface area contributed by atoms with Crippen LogP contribution in [0.3, 0.4) is 0 Å². The van der Waals surface area contributed by atoms with E-state index in [1.807, 2.05) is 54.6 Å². The minimum Gasteiger partial charge on any atom is -0.497 e. The second-order valence-electron chi connectivity index (χ2n) is 8.48. The maximum Gasteiger partial charge on any atom is 0.177 e. The summed E-state index contributed by atoms with van der Waals surface area (Å²) in [6, 6.07) is 19.1. The van der Waals surface area contributed by atoms with Crippen LogP contribution in [0.1, 0.15) is 11.1 Å². The van der Waals surface area contributed by atoms with Crippen LogP contribution in [0, 0.1) is 0 Å². The number of methoxy groups -OCH3 is 1. The van der Waals surface area contributed by atoms with Crippen LogP contribution in [-0.4, -0.2) is 48.0 Å². The molecule has 4 rings (SSSR count). The number of aryl methyl sites for hydroxylation is 2. The molecule has 34 heavy (non-hydrogen) atoms. The van der Waals surface area contributed by atoms with Crippen molar-refractivity contribution in [1.29, 1.82) is 0 Å². The second-order valence-corrected chi connectivity index (χ2v) is 10.9. The smallest absolute Gasteiger partial charge is 0.177 e. The Bertz CT molecular complexity index is 1240. The number of anilines is 3. The molecule has 1 aliphatic rings. The molecule has 8 heteroatoms. The summed E-state index contributed by atoms with van der Waals surface area (Å²) in [4.78, 5) is 2.63. The molecule has 180 valence electrons. The molecule has 2 N–H and O–H groups in total. The average Bonchev–Trinajstić information content (AvgIpc) is 2.83. The number of nitrogens with one attached hydrogen (secondary N) is 2. The quantitative estimate of drug-likeness (QED) is 0.468. The third-order valence-corrected chi connectivity index (χ3v) is 7.30. The lowest BCUT2D eigenvalue weighted by atomic mass is 10.0. The van der Waals surface area contributed by atoms with Gasteiger partial charge < -0.3 is 20.3 Å². The summed E-state index contributed by atoms with van der Waals surface area (Å²) < 4.78 is 30.9. The fraction of sp³-hybridized carbons (Fsp3) is 0.308. The molecule has 3 aromatic rings. The van der Waals surface area contributed by atoms with Gasteiger partial charge in [-0.2, -0.15) is 0 Å². The number of piperazine rings is 1. The zero-order valence-corrected chi connectivity index (χ0v) is 21.0. The van der Waals surface area contributed by atoms with Crippen LogP contribution in [0.25, 0.3) is 0 Å². The van der Waals surface area contributed by atoms with Crippen molar-refractivity contribution in [2.24, 2.45) is 0 Å². The van der Waals surface area contributed by atoms with Crippen LogP contribution in [0.5, 0.6) is 5.75 Å². The lowest BCUT2D eigenvalue weighted by molar-refractivity contribution is 0.414. The van der Waals surface area contributed by atoms with Gasteiger partial charge in [0, 0.05) is 48.8 Å².